The summed E-state index contributed by atoms with van der Waals surface area (Å²) in [5, 5.41) is 0. The van der Waals surface area contributed by atoms with Crippen LogP contribution in [-0.4, -0.2) is 12.5 Å². The van der Waals surface area contributed by atoms with Gasteiger partial charge in [0, 0.05) is 6.42 Å². The highest BCUT2D eigenvalue weighted by molar-refractivity contribution is 5.85. The Morgan fingerprint density at radius 1 is 1.42 bits per heavy atom. The van der Waals surface area contributed by atoms with E-state index in [2.05, 4.69) is 0 Å². The van der Waals surface area contributed by atoms with Gasteiger partial charge in [0.05, 0.1) is 0 Å². The predicted molar refractivity (Wildman–Crippen MR) is 49.9 cm³/mol. The molecule has 2 N–H and O–H groups in total. The lowest BCUT2D eigenvalue weighted by Crippen LogP contribution is -2.18. The highest BCUT2D eigenvalue weighted by Crippen LogP contribution is 2.22. The SMILES string of the molecule is CCC(CN)CCC(C)(F)F.Cl. The predicted octanol–water partition coefficient (Wildman–Crippen LogP) is 2.83. The van der Waals surface area contributed by atoms with Gasteiger partial charge in [-0.25, -0.2) is 8.78 Å². The summed E-state index contributed by atoms with van der Waals surface area (Å²) in [6.45, 7) is 3.45. The van der Waals surface area contributed by atoms with Crippen LogP contribution in [0.4, 0.5) is 8.78 Å². The van der Waals surface area contributed by atoms with E-state index in [4.69, 9.17) is 5.73 Å². The van der Waals surface area contributed by atoms with Gasteiger partial charge in [-0.2, -0.15) is 0 Å². The molecule has 4 heteroatoms. The molecule has 0 aliphatic carbocycles. The summed E-state index contributed by atoms with van der Waals surface area (Å²) in [6, 6.07) is 0. The molecular weight excluding hydrogens is 184 g/mol. The molecule has 76 valence electrons. The summed E-state index contributed by atoms with van der Waals surface area (Å²) < 4.78 is 24.6. The van der Waals surface area contributed by atoms with Gasteiger partial charge >= 0.3 is 0 Å². The minimum atomic E-state index is -2.53. The molecule has 0 saturated heterocycles. The molecule has 1 atom stereocenters. The van der Waals surface area contributed by atoms with Crippen LogP contribution in [0.2, 0.25) is 0 Å². The molecule has 0 spiro atoms. The van der Waals surface area contributed by atoms with E-state index >= 15 is 0 Å². The zero-order valence-electron chi connectivity index (χ0n) is 7.65. The van der Waals surface area contributed by atoms with Gasteiger partial charge in [0.15, 0.2) is 0 Å². The van der Waals surface area contributed by atoms with Crippen molar-refractivity contribution in [3.8, 4) is 0 Å². The van der Waals surface area contributed by atoms with E-state index in [1.165, 1.54) is 0 Å². The quantitative estimate of drug-likeness (QED) is 0.728. The fourth-order valence-corrected chi connectivity index (χ4v) is 0.946. The van der Waals surface area contributed by atoms with E-state index in [9.17, 15) is 8.78 Å². The largest absolute Gasteiger partial charge is 0.330 e. The summed E-state index contributed by atoms with van der Waals surface area (Å²) in [4.78, 5) is 0. The van der Waals surface area contributed by atoms with Crippen LogP contribution in [0.3, 0.4) is 0 Å². The van der Waals surface area contributed by atoms with Crippen molar-refractivity contribution in [1.29, 1.82) is 0 Å². The Balaban J connectivity index is 0. The van der Waals surface area contributed by atoms with Crippen molar-refractivity contribution >= 4 is 12.4 Å². The third-order valence-corrected chi connectivity index (χ3v) is 1.90. The van der Waals surface area contributed by atoms with Crippen molar-refractivity contribution in [3.63, 3.8) is 0 Å². The molecule has 1 nitrogen and oxygen atoms in total. The first-order valence-corrected chi connectivity index (χ1v) is 4.07. The molecule has 0 bridgehead atoms. The van der Waals surface area contributed by atoms with Crippen molar-refractivity contribution in [2.45, 2.75) is 39.0 Å². The lowest BCUT2D eigenvalue weighted by molar-refractivity contribution is 0.00681. The molecule has 0 saturated carbocycles. The van der Waals surface area contributed by atoms with Crippen LogP contribution >= 0.6 is 12.4 Å². The number of halogens is 3. The van der Waals surface area contributed by atoms with Crippen molar-refractivity contribution in [2.75, 3.05) is 6.54 Å². The van der Waals surface area contributed by atoms with Crippen LogP contribution in [0.25, 0.3) is 0 Å². The Morgan fingerprint density at radius 3 is 2.17 bits per heavy atom. The number of nitrogens with two attached hydrogens (primary N) is 1. The molecule has 0 heterocycles. The van der Waals surface area contributed by atoms with Gasteiger partial charge in [-0.1, -0.05) is 13.3 Å². The molecule has 0 aromatic heterocycles. The Morgan fingerprint density at radius 2 is 1.92 bits per heavy atom. The third kappa shape index (κ3) is 8.21. The molecule has 0 aliphatic heterocycles. The number of hydrogen-bond donors (Lipinski definition) is 1. The molecule has 1 unspecified atom stereocenters. The second-order valence-corrected chi connectivity index (χ2v) is 3.12. The average Bonchev–Trinajstić information content (AvgIpc) is 1.88. The van der Waals surface area contributed by atoms with Gasteiger partial charge < -0.3 is 5.73 Å². The number of rotatable bonds is 5. The zero-order chi connectivity index (χ0) is 8.91. The average molecular weight is 202 g/mol. The second-order valence-electron chi connectivity index (χ2n) is 3.12. The summed E-state index contributed by atoms with van der Waals surface area (Å²) in [6.07, 6.45) is 1.39. The lowest BCUT2D eigenvalue weighted by Gasteiger charge is -2.15. The lowest BCUT2D eigenvalue weighted by atomic mass is 9.99. The monoisotopic (exact) mass is 201 g/mol. The Labute approximate surface area is 79.1 Å². The van der Waals surface area contributed by atoms with Crippen LogP contribution in [0.5, 0.6) is 0 Å². The fourth-order valence-electron chi connectivity index (χ4n) is 0.946. The first-order chi connectivity index (χ1) is 4.99. The molecule has 0 amide bonds. The second kappa shape index (κ2) is 6.61. The van der Waals surface area contributed by atoms with Crippen LogP contribution in [0.15, 0.2) is 0 Å². The maximum Gasteiger partial charge on any atom is 0.245 e. The third-order valence-electron chi connectivity index (χ3n) is 1.90. The minimum Gasteiger partial charge on any atom is -0.330 e. The van der Waals surface area contributed by atoms with E-state index < -0.39 is 5.92 Å². The van der Waals surface area contributed by atoms with Crippen molar-refractivity contribution in [3.05, 3.63) is 0 Å². The molecule has 0 rings (SSSR count). The Bertz CT molecular complexity index is 99.7. The molecule has 0 aliphatic rings. The summed E-state index contributed by atoms with van der Waals surface area (Å²) in [5.41, 5.74) is 5.37. The molecule has 0 radical (unpaired) electrons. The molecular formula is C8H18ClF2N. The smallest absolute Gasteiger partial charge is 0.245 e. The van der Waals surface area contributed by atoms with Gasteiger partial charge in [-0.3, -0.25) is 0 Å². The van der Waals surface area contributed by atoms with Gasteiger partial charge in [0.1, 0.15) is 0 Å². The van der Waals surface area contributed by atoms with Gasteiger partial charge in [0.25, 0.3) is 0 Å². The van der Waals surface area contributed by atoms with E-state index in [1.807, 2.05) is 6.92 Å². The summed E-state index contributed by atoms with van der Waals surface area (Å²) in [5.74, 6) is -2.26. The topological polar surface area (TPSA) is 26.0 Å². The van der Waals surface area contributed by atoms with Crippen LogP contribution < -0.4 is 5.73 Å². The van der Waals surface area contributed by atoms with Crippen molar-refractivity contribution in [1.82, 2.24) is 0 Å². The Hall–Kier alpha value is 0.110. The maximum absolute atomic E-state index is 12.3. The highest BCUT2D eigenvalue weighted by Gasteiger charge is 2.21. The van der Waals surface area contributed by atoms with E-state index in [-0.39, 0.29) is 24.7 Å². The van der Waals surface area contributed by atoms with Crippen LogP contribution in [0.1, 0.15) is 33.1 Å². The molecule has 12 heavy (non-hydrogen) atoms. The fraction of sp³-hybridized carbons (Fsp3) is 1.00. The van der Waals surface area contributed by atoms with Crippen molar-refractivity contribution in [2.24, 2.45) is 11.7 Å². The van der Waals surface area contributed by atoms with Gasteiger partial charge in [0.2, 0.25) is 5.92 Å². The molecule has 0 aromatic rings. The van der Waals surface area contributed by atoms with E-state index in [1.54, 1.807) is 0 Å². The first-order valence-electron chi connectivity index (χ1n) is 4.07. The Kier molecular flexibility index (Phi) is 8.05. The number of hydrogen-bond acceptors (Lipinski definition) is 1. The van der Waals surface area contributed by atoms with Gasteiger partial charge in [-0.05, 0) is 25.8 Å². The summed E-state index contributed by atoms with van der Waals surface area (Å²) >= 11 is 0. The van der Waals surface area contributed by atoms with Crippen molar-refractivity contribution < 1.29 is 8.78 Å². The highest BCUT2D eigenvalue weighted by atomic mass is 35.5. The van der Waals surface area contributed by atoms with Gasteiger partial charge in [-0.15, -0.1) is 12.4 Å². The summed E-state index contributed by atoms with van der Waals surface area (Å²) in [7, 11) is 0. The maximum atomic E-state index is 12.3. The minimum absolute atomic E-state index is 0. The van der Waals surface area contributed by atoms with E-state index in [0.717, 1.165) is 13.3 Å². The first kappa shape index (κ1) is 14.6. The molecule has 0 fully saturated rings. The van der Waals surface area contributed by atoms with E-state index in [0.29, 0.717) is 13.0 Å². The standard InChI is InChI=1S/C8H17F2N.ClH/c1-3-7(6-11)4-5-8(2,9)10;/h7H,3-6,11H2,1-2H3;1H. The van der Waals surface area contributed by atoms with Crippen LogP contribution in [-0.2, 0) is 0 Å². The normalized spacial score (nSPS) is 13.8. The van der Waals surface area contributed by atoms with Crippen LogP contribution in [0, 0.1) is 5.92 Å². The molecule has 0 aromatic carbocycles. The zero-order valence-corrected chi connectivity index (χ0v) is 8.46. The number of alkyl halides is 2.